The molecule has 110 valence electrons. The second-order valence-electron chi connectivity index (χ2n) is 5.29. The van der Waals surface area contributed by atoms with Gasteiger partial charge in [-0.2, -0.15) is 0 Å². The molecule has 0 saturated carbocycles. The number of carbonyl (C=O) groups excluding carboxylic acids is 1. The van der Waals surface area contributed by atoms with Crippen molar-refractivity contribution in [3.05, 3.63) is 28.2 Å². The fourth-order valence-corrected chi connectivity index (χ4v) is 3.57. The number of rotatable bonds is 3. The van der Waals surface area contributed by atoms with Gasteiger partial charge in [0.25, 0.3) is 0 Å². The summed E-state index contributed by atoms with van der Waals surface area (Å²) in [5, 5.41) is 4.30. The normalized spacial score (nSPS) is 19.9. The minimum absolute atomic E-state index is 0.0583. The van der Waals surface area contributed by atoms with E-state index in [-0.39, 0.29) is 18.9 Å². The van der Waals surface area contributed by atoms with Crippen LogP contribution in [0.15, 0.2) is 22.7 Å². The maximum Gasteiger partial charge on any atom is 0.228 e. The third-order valence-corrected chi connectivity index (χ3v) is 5.36. The van der Waals surface area contributed by atoms with Gasteiger partial charge in [-0.1, -0.05) is 19.9 Å². The lowest BCUT2D eigenvalue weighted by Crippen LogP contribution is -2.32. The number of carbonyl (C=O) groups is 1. The average molecular weight is 361 g/mol. The number of benzene rings is 1. The van der Waals surface area contributed by atoms with Crippen molar-refractivity contribution >= 4 is 37.5 Å². The molecule has 1 aliphatic heterocycles. The first-order chi connectivity index (χ1) is 9.20. The number of amides is 1. The third-order valence-electron chi connectivity index (χ3n) is 3.48. The fraction of sp³-hybridized carbons (Fsp3) is 0.462. The van der Waals surface area contributed by atoms with Crippen LogP contribution in [0.25, 0.3) is 0 Å². The molecule has 1 unspecified atom stereocenters. The van der Waals surface area contributed by atoms with Crippen molar-refractivity contribution in [2.24, 2.45) is 5.14 Å². The first kappa shape index (κ1) is 15.5. The summed E-state index contributed by atoms with van der Waals surface area (Å²) in [5.41, 5.74) is 1.83. The molecule has 0 radical (unpaired) electrons. The van der Waals surface area contributed by atoms with Gasteiger partial charge in [0.05, 0.1) is 5.69 Å². The minimum atomic E-state index is -3.69. The van der Waals surface area contributed by atoms with Gasteiger partial charge in [-0.25, -0.2) is 13.6 Å². The summed E-state index contributed by atoms with van der Waals surface area (Å²) in [6, 6.07) is 5.74. The van der Waals surface area contributed by atoms with E-state index >= 15 is 0 Å². The van der Waals surface area contributed by atoms with Crippen molar-refractivity contribution in [3.8, 4) is 0 Å². The zero-order valence-corrected chi connectivity index (χ0v) is 13.7. The fourth-order valence-electron chi connectivity index (χ4n) is 2.23. The van der Waals surface area contributed by atoms with Crippen LogP contribution in [-0.2, 0) is 14.8 Å². The lowest BCUT2D eigenvalue weighted by Gasteiger charge is -2.19. The molecule has 20 heavy (non-hydrogen) atoms. The number of primary sulfonamides is 1. The highest BCUT2D eigenvalue weighted by Gasteiger charge is 2.37. The molecule has 1 aromatic carbocycles. The maximum absolute atomic E-state index is 12.0. The number of hydrogen-bond acceptors (Lipinski definition) is 3. The zero-order chi connectivity index (χ0) is 15.1. The van der Waals surface area contributed by atoms with Gasteiger partial charge in [0.2, 0.25) is 15.9 Å². The standard InChI is InChI=1S/C13H17BrN2O3S/c1-8(2)9-3-4-12(11(14)5-9)16-7-10(6-13(16)17)20(15,18)19/h3-5,8,10H,6-7H2,1-2H3,(H2,15,18,19). The summed E-state index contributed by atoms with van der Waals surface area (Å²) >= 11 is 3.45. The average Bonchev–Trinajstić information content (AvgIpc) is 2.71. The van der Waals surface area contributed by atoms with Crippen LogP contribution in [0.3, 0.4) is 0 Å². The molecule has 1 amide bonds. The van der Waals surface area contributed by atoms with Crippen molar-refractivity contribution in [1.82, 2.24) is 0 Å². The van der Waals surface area contributed by atoms with Crippen LogP contribution in [0, 0.1) is 0 Å². The SMILES string of the molecule is CC(C)c1ccc(N2CC(S(N)(=O)=O)CC2=O)c(Br)c1. The Balaban J connectivity index is 2.31. The van der Waals surface area contributed by atoms with Crippen molar-refractivity contribution in [2.45, 2.75) is 31.4 Å². The number of nitrogens with two attached hydrogens (primary N) is 1. The molecule has 1 atom stereocenters. The summed E-state index contributed by atoms with van der Waals surface area (Å²) in [6.45, 7) is 4.27. The molecule has 0 aliphatic carbocycles. The van der Waals surface area contributed by atoms with Crippen LogP contribution in [0.1, 0.15) is 31.7 Å². The Kier molecular flexibility index (Phi) is 4.22. The highest BCUT2D eigenvalue weighted by molar-refractivity contribution is 9.10. The molecular formula is C13H17BrN2O3S. The smallest absolute Gasteiger partial charge is 0.228 e. The molecule has 1 aliphatic rings. The molecular weight excluding hydrogens is 344 g/mol. The summed E-state index contributed by atoms with van der Waals surface area (Å²) in [7, 11) is -3.69. The molecule has 5 nitrogen and oxygen atoms in total. The van der Waals surface area contributed by atoms with E-state index in [2.05, 4.69) is 29.8 Å². The molecule has 1 saturated heterocycles. The van der Waals surface area contributed by atoms with Gasteiger partial charge < -0.3 is 4.90 Å². The first-order valence-corrected chi connectivity index (χ1v) is 8.72. The van der Waals surface area contributed by atoms with E-state index in [9.17, 15) is 13.2 Å². The Labute approximate surface area is 127 Å². The molecule has 0 bridgehead atoms. The first-order valence-electron chi connectivity index (χ1n) is 6.31. The number of sulfonamides is 1. The summed E-state index contributed by atoms with van der Waals surface area (Å²) < 4.78 is 23.5. The molecule has 0 aromatic heterocycles. The van der Waals surface area contributed by atoms with E-state index in [0.29, 0.717) is 11.6 Å². The van der Waals surface area contributed by atoms with Crippen molar-refractivity contribution in [3.63, 3.8) is 0 Å². The summed E-state index contributed by atoms with van der Waals surface area (Å²) in [6.07, 6.45) is -0.0583. The predicted molar refractivity (Wildman–Crippen MR) is 82.1 cm³/mol. The minimum Gasteiger partial charge on any atom is -0.310 e. The van der Waals surface area contributed by atoms with E-state index in [0.717, 1.165) is 10.0 Å². The predicted octanol–water partition coefficient (Wildman–Crippen LogP) is 1.97. The van der Waals surface area contributed by atoms with Gasteiger partial charge in [-0.05, 0) is 39.5 Å². The Morgan fingerprint density at radius 3 is 2.50 bits per heavy atom. The highest BCUT2D eigenvalue weighted by Crippen LogP contribution is 2.33. The molecule has 1 heterocycles. The summed E-state index contributed by atoms with van der Waals surface area (Å²) in [4.78, 5) is 13.5. The maximum atomic E-state index is 12.0. The van der Waals surface area contributed by atoms with Crippen LogP contribution < -0.4 is 10.0 Å². The van der Waals surface area contributed by atoms with Gasteiger partial charge in [-0.3, -0.25) is 4.79 Å². The number of nitrogens with zero attached hydrogens (tertiary/aromatic N) is 1. The zero-order valence-electron chi connectivity index (χ0n) is 11.3. The second-order valence-corrected chi connectivity index (χ2v) is 7.98. The Bertz CT molecular complexity index is 643. The lowest BCUT2D eigenvalue weighted by atomic mass is 10.0. The van der Waals surface area contributed by atoms with Crippen LogP contribution in [0.2, 0.25) is 0 Å². The van der Waals surface area contributed by atoms with Gasteiger partial charge in [0.15, 0.2) is 0 Å². The number of anilines is 1. The van der Waals surface area contributed by atoms with Crippen molar-refractivity contribution < 1.29 is 13.2 Å². The monoisotopic (exact) mass is 360 g/mol. The van der Waals surface area contributed by atoms with Gasteiger partial charge in [-0.15, -0.1) is 0 Å². The van der Waals surface area contributed by atoms with Crippen LogP contribution in [0.5, 0.6) is 0 Å². The van der Waals surface area contributed by atoms with Gasteiger partial charge in [0.1, 0.15) is 5.25 Å². The van der Waals surface area contributed by atoms with E-state index in [1.165, 1.54) is 4.90 Å². The highest BCUT2D eigenvalue weighted by atomic mass is 79.9. The van der Waals surface area contributed by atoms with Gasteiger partial charge >= 0.3 is 0 Å². The van der Waals surface area contributed by atoms with Crippen molar-refractivity contribution in [1.29, 1.82) is 0 Å². The number of halogens is 1. The third kappa shape index (κ3) is 3.05. The van der Waals surface area contributed by atoms with E-state index in [1.807, 2.05) is 18.2 Å². The van der Waals surface area contributed by atoms with Gasteiger partial charge in [0, 0.05) is 17.4 Å². The molecule has 0 spiro atoms. The second kappa shape index (κ2) is 5.46. The number of hydrogen-bond donors (Lipinski definition) is 1. The van der Waals surface area contributed by atoms with Crippen LogP contribution >= 0.6 is 15.9 Å². The topological polar surface area (TPSA) is 80.5 Å². The van der Waals surface area contributed by atoms with E-state index in [1.54, 1.807) is 0 Å². The molecule has 2 N–H and O–H groups in total. The Morgan fingerprint density at radius 2 is 2.05 bits per heavy atom. The quantitative estimate of drug-likeness (QED) is 0.894. The Hall–Kier alpha value is -0.920. The molecule has 1 aromatic rings. The molecule has 7 heteroatoms. The summed E-state index contributed by atoms with van der Waals surface area (Å²) in [5.74, 6) is 0.161. The molecule has 1 fully saturated rings. The van der Waals surface area contributed by atoms with E-state index in [4.69, 9.17) is 5.14 Å². The largest absolute Gasteiger partial charge is 0.310 e. The van der Waals surface area contributed by atoms with Crippen molar-refractivity contribution in [2.75, 3.05) is 11.4 Å². The van der Waals surface area contributed by atoms with Crippen LogP contribution in [-0.4, -0.2) is 26.1 Å². The van der Waals surface area contributed by atoms with Crippen LogP contribution in [0.4, 0.5) is 5.69 Å². The lowest BCUT2D eigenvalue weighted by molar-refractivity contribution is -0.117. The Morgan fingerprint density at radius 1 is 1.40 bits per heavy atom. The molecule has 2 rings (SSSR count). The van der Waals surface area contributed by atoms with E-state index < -0.39 is 15.3 Å².